The van der Waals surface area contributed by atoms with Gasteiger partial charge in [0.05, 0.1) is 31.7 Å². The van der Waals surface area contributed by atoms with Crippen LogP contribution < -0.4 is 5.73 Å². The zero-order chi connectivity index (χ0) is 33.6. The first-order valence-corrected chi connectivity index (χ1v) is 18.0. The number of aromatic hydroxyl groups is 1. The maximum absolute atomic E-state index is 12.1. The monoisotopic (exact) mass is 701 g/mol. The molecule has 0 heterocycles. The van der Waals surface area contributed by atoms with E-state index in [9.17, 15) is 44.0 Å². The molecule has 46 heavy (non-hydrogen) atoms. The average molecular weight is 702 g/mol. The molecule has 0 amide bonds. The van der Waals surface area contributed by atoms with Gasteiger partial charge in [0.2, 0.25) is 0 Å². The molecule has 0 aromatic heterocycles. The largest absolute Gasteiger partial charge is 0.768 e. The van der Waals surface area contributed by atoms with Gasteiger partial charge in [-0.15, -0.1) is 15.3 Å². The molecule has 238 valence electrons. The predicted molar refractivity (Wildman–Crippen MR) is 166 cm³/mol. The van der Waals surface area contributed by atoms with Gasteiger partial charge in [-0.2, -0.15) is 13.5 Å². The lowest BCUT2D eigenvalue weighted by molar-refractivity contribution is 0.480. The number of hydrogen-bond donors (Lipinski definition) is 3. The molecule has 4 N–H and O–H groups in total. The Morgan fingerprint density at radius 2 is 1.26 bits per heavy atom. The summed E-state index contributed by atoms with van der Waals surface area (Å²) in [4.78, 5) is -1.26. The van der Waals surface area contributed by atoms with Crippen LogP contribution >= 0.6 is 0 Å². The molecule has 5 aromatic carbocycles. The first kappa shape index (κ1) is 32.9. The van der Waals surface area contributed by atoms with Crippen LogP contribution in [0.25, 0.3) is 21.5 Å². The van der Waals surface area contributed by atoms with Crippen LogP contribution in [0.1, 0.15) is 0 Å². The van der Waals surface area contributed by atoms with Gasteiger partial charge in [0.15, 0.2) is 15.6 Å². The van der Waals surface area contributed by atoms with E-state index in [1.807, 2.05) is 0 Å². The average Bonchev–Trinajstić information content (AvgIpc) is 2.98. The second-order valence-electron chi connectivity index (χ2n) is 9.60. The molecule has 0 fully saturated rings. The molecule has 2 unspecified atom stereocenters. The molecule has 5 rings (SSSR count). The minimum atomic E-state index is -4.68. The molecule has 2 atom stereocenters. The Kier molecular flexibility index (Phi) is 8.84. The van der Waals surface area contributed by atoms with Crippen LogP contribution in [0.4, 0.5) is 28.4 Å². The number of hydrogen-bond acceptors (Lipinski definition) is 14. The van der Waals surface area contributed by atoms with E-state index in [2.05, 4.69) is 20.5 Å². The number of sulfone groups is 1. The number of azo groups is 2. The summed E-state index contributed by atoms with van der Waals surface area (Å²) in [6, 6.07) is 15.2. The molecule has 0 saturated carbocycles. The number of phenolic OH excluding ortho intramolecular Hbond substituents is 1. The zero-order valence-corrected chi connectivity index (χ0v) is 26.4. The summed E-state index contributed by atoms with van der Waals surface area (Å²) < 4.78 is 104. The molecular formula is C27H19N5O10S4-2. The minimum absolute atomic E-state index is 0.0197. The number of fused-ring (bicyclic) bond motifs is 2. The number of rotatable bonds is 8. The molecular weight excluding hydrogens is 683 g/mol. The van der Waals surface area contributed by atoms with Crippen LogP contribution in [-0.2, 0) is 42.1 Å². The molecule has 0 spiro atoms. The van der Waals surface area contributed by atoms with E-state index >= 15 is 0 Å². The van der Waals surface area contributed by atoms with E-state index in [4.69, 9.17) is 5.73 Å². The quantitative estimate of drug-likeness (QED) is 0.0815. The predicted octanol–water partition coefficient (Wildman–Crippen LogP) is 5.24. The molecule has 0 bridgehead atoms. The van der Waals surface area contributed by atoms with Gasteiger partial charge in [-0.3, -0.25) is 13.0 Å². The van der Waals surface area contributed by atoms with Crippen molar-refractivity contribution in [1.29, 1.82) is 0 Å². The summed E-state index contributed by atoms with van der Waals surface area (Å²) in [5.41, 5.74) is 5.54. The van der Waals surface area contributed by atoms with Crippen molar-refractivity contribution >= 4 is 92.1 Å². The Balaban J connectivity index is 1.65. The van der Waals surface area contributed by atoms with Crippen molar-refractivity contribution in [3.05, 3.63) is 72.8 Å². The number of phenols is 1. The Hall–Kier alpha value is -4.50. The van der Waals surface area contributed by atoms with Crippen molar-refractivity contribution in [3.8, 4) is 5.75 Å². The molecule has 0 saturated heterocycles. The normalized spacial score (nSPS) is 14.0. The van der Waals surface area contributed by atoms with E-state index in [1.54, 1.807) is 0 Å². The van der Waals surface area contributed by atoms with E-state index in [0.717, 1.165) is 36.6 Å². The third-order valence-corrected chi connectivity index (χ3v) is 9.94. The SMILES string of the molecule is CS(=O)(=O)c1ccc(N=Nc2ccc(N=Nc3c(S(=O)[O-])cc4cc(S(=O)[O-])c(N)cc4c3O)c3cc(S(=O)(=O)O)ccc23)cc1. The van der Waals surface area contributed by atoms with Gasteiger partial charge in [-0.25, -0.2) is 8.42 Å². The van der Waals surface area contributed by atoms with Gasteiger partial charge in [0.25, 0.3) is 10.1 Å². The number of benzene rings is 5. The Labute approximate surface area is 265 Å². The van der Waals surface area contributed by atoms with Crippen molar-refractivity contribution < 1.29 is 44.0 Å². The fourth-order valence-electron chi connectivity index (χ4n) is 4.37. The molecule has 0 aliphatic heterocycles. The smallest absolute Gasteiger partial charge is 0.294 e. The molecule has 15 nitrogen and oxygen atoms in total. The van der Waals surface area contributed by atoms with Crippen molar-refractivity contribution in [2.45, 2.75) is 19.6 Å². The fraction of sp³-hybridized carbons (Fsp3) is 0.0370. The zero-order valence-electron chi connectivity index (χ0n) is 23.1. The van der Waals surface area contributed by atoms with Gasteiger partial charge in [0, 0.05) is 33.0 Å². The highest BCUT2D eigenvalue weighted by Gasteiger charge is 2.18. The number of anilines is 1. The van der Waals surface area contributed by atoms with Crippen molar-refractivity contribution in [1.82, 2.24) is 0 Å². The number of nitrogen functional groups attached to an aromatic ring is 1. The van der Waals surface area contributed by atoms with Crippen molar-refractivity contribution in [2.75, 3.05) is 12.0 Å². The highest BCUT2D eigenvalue weighted by atomic mass is 32.2. The van der Waals surface area contributed by atoms with Crippen LogP contribution in [0.2, 0.25) is 0 Å². The third kappa shape index (κ3) is 6.70. The van der Waals surface area contributed by atoms with Crippen molar-refractivity contribution in [2.24, 2.45) is 20.5 Å². The lowest BCUT2D eigenvalue weighted by Gasteiger charge is -2.15. The Morgan fingerprint density at radius 3 is 1.85 bits per heavy atom. The maximum Gasteiger partial charge on any atom is 0.294 e. The first-order chi connectivity index (χ1) is 21.5. The highest BCUT2D eigenvalue weighted by molar-refractivity contribution is 7.90. The van der Waals surface area contributed by atoms with Crippen LogP contribution in [0.3, 0.4) is 0 Å². The van der Waals surface area contributed by atoms with E-state index in [0.29, 0.717) is 5.69 Å². The van der Waals surface area contributed by atoms with E-state index in [1.165, 1.54) is 42.5 Å². The Morgan fingerprint density at radius 1 is 0.696 bits per heavy atom. The maximum atomic E-state index is 12.1. The van der Waals surface area contributed by atoms with E-state index in [-0.39, 0.29) is 48.4 Å². The second-order valence-corrected chi connectivity index (χ2v) is 14.9. The second kappa shape index (κ2) is 12.4. The topological polar surface area (TPSA) is 264 Å². The van der Waals surface area contributed by atoms with Gasteiger partial charge < -0.3 is 19.9 Å². The number of nitrogens with two attached hydrogens (primary N) is 1. The highest BCUT2D eigenvalue weighted by Crippen LogP contribution is 2.43. The summed E-state index contributed by atoms with van der Waals surface area (Å²) >= 11 is -5.73. The molecule has 0 radical (unpaired) electrons. The van der Waals surface area contributed by atoms with Crippen molar-refractivity contribution in [3.63, 3.8) is 0 Å². The van der Waals surface area contributed by atoms with Crippen LogP contribution in [0, 0.1) is 0 Å². The fourth-order valence-corrected chi connectivity index (χ4v) is 6.50. The third-order valence-electron chi connectivity index (χ3n) is 6.58. The molecule has 19 heteroatoms. The van der Waals surface area contributed by atoms with Gasteiger partial charge in [-0.05, 0) is 94.3 Å². The number of nitrogens with zero attached hydrogens (tertiary/aromatic N) is 4. The van der Waals surface area contributed by atoms with Crippen LogP contribution in [0.15, 0.2) is 113 Å². The van der Waals surface area contributed by atoms with Gasteiger partial charge >= 0.3 is 0 Å². The summed E-state index contributed by atoms with van der Waals surface area (Å²) in [6.45, 7) is 0. The minimum Gasteiger partial charge on any atom is -0.768 e. The first-order valence-electron chi connectivity index (χ1n) is 12.5. The summed E-state index contributed by atoms with van der Waals surface area (Å²) in [5, 5.41) is 27.6. The summed E-state index contributed by atoms with van der Waals surface area (Å²) in [6.07, 6.45) is 1.06. The van der Waals surface area contributed by atoms with Gasteiger partial charge in [0.1, 0.15) is 5.69 Å². The molecule has 5 aromatic rings. The summed E-state index contributed by atoms with van der Waals surface area (Å²) in [5.74, 6) is -0.675. The molecule has 0 aliphatic carbocycles. The molecule has 0 aliphatic rings. The van der Waals surface area contributed by atoms with Crippen LogP contribution in [-0.4, -0.2) is 50.3 Å². The van der Waals surface area contributed by atoms with Gasteiger partial charge in [-0.1, -0.05) is 6.07 Å². The lowest BCUT2D eigenvalue weighted by atomic mass is 10.1. The van der Waals surface area contributed by atoms with Crippen LogP contribution in [0.5, 0.6) is 5.75 Å². The lowest BCUT2D eigenvalue weighted by Crippen LogP contribution is -1.98. The standard InChI is InChI=1S/C27H21N5O10S4/c1-45(38,39)16-4-2-15(3-5-16)29-30-22-8-9-23(20-12-17(46(40,41)42)6-7-18(20)22)31-32-26-25(44(36)37)11-14-10-24(43(34)35)21(28)13-19(14)27(26)33/h2-13,33H,28H2,1H3,(H,34,35)(H,36,37)(H,40,41,42)/p-2. The van der Waals surface area contributed by atoms with E-state index < -0.39 is 63.3 Å². The summed E-state index contributed by atoms with van der Waals surface area (Å²) in [7, 11) is -8.11. The Bertz CT molecular complexity index is 2400.